The van der Waals surface area contributed by atoms with Gasteiger partial charge in [-0.15, -0.1) is 0 Å². The number of Topliss-reactive ketones (excluding diaryl/α,β-unsaturated/α-hetero) is 1. The Kier molecular flexibility index (Phi) is 10.7. The van der Waals surface area contributed by atoms with E-state index in [9.17, 15) is 14.7 Å². The lowest BCUT2D eigenvalue weighted by Crippen LogP contribution is -2.49. The maximum absolute atomic E-state index is 12.2. The minimum absolute atomic E-state index is 0.0371. The largest absolute Gasteiger partial charge is 0.381 e. The van der Waals surface area contributed by atoms with Crippen LogP contribution in [0.25, 0.3) is 0 Å². The Balaban J connectivity index is 4.17. The smallest absolute Gasteiger partial charge is 0.224 e. The number of amides is 1. The van der Waals surface area contributed by atoms with E-state index in [0.29, 0.717) is 39.1 Å². The number of ketones is 1. The standard InChI is InChI=1S/C20H41N3O4/c1-15(10-16(2)24)12-27-14-18(3,4)13-22-17(25)11-20(7,26)23-9-8-19(5,6)21/h15,23,26H,8-14,21H2,1-7H3,(H,22,25). The van der Waals surface area contributed by atoms with Gasteiger partial charge in [0, 0.05) is 30.5 Å². The summed E-state index contributed by atoms with van der Waals surface area (Å²) >= 11 is 0. The molecule has 0 saturated heterocycles. The van der Waals surface area contributed by atoms with Crippen LogP contribution in [0.2, 0.25) is 0 Å². The number of hydrogen-bond acceptors (Lipinski definition) is 6. The van der Waals surface area contributed by atoms with Gasteiger partial charge in [0.2, 0.25) is 5.91 Å². The summed E-state index contributed by atoms with van der Waals surface area (Å²) in [4.78, 5) is 23.2. The summed E-state index contributed by atoms with van der Waals surface area (Å²) in [7, 11) is 0. The zero-order chi connectivity index (χ0) is 21.3. The SMILES string of the molecule is CC(=O)CC(C)COCC(C)(C)CNC(=O)CC(C)(O)NCCC(C)(C)N. The number of aliphatic hydroxyl groups is 1. The van der Waals surface area contributed by atoms with Gasteiger partial charge >= 0.3 is 0 Å². The number of carbonyl (C=O) groups excluding carboxylic acids is 2. The second-order valence-corrected chi connectivity index (χ2v) is 9.58. The third-order valence-electron chi connectivity index (χ3n) is 4.08. The lowest BCUT2D eigenvalue weighted by molar-refractivity contribution is -0.127. The highest BCUT2D eigenvalue weighted by Crippen LogP contribution is 2.16. The minimum Gasteiger partial charge on any atom is -0.381 e. The van der Waals surface area contributed by atoms with Gasteiger partial charge in [-0.1, -0.05) is 20.8 Å². The Hall–Kier alpha value is -1.02. The third kappa shape index (κ3) is 15.7. The summed E-state index contributed by atoms with van der Waals surface area (Å²) in [5, 5.41) is 16.1. The van der Waals surface area contributed by atoms with Gasteiger partial charge in [-0.25, -0.2) is 0 Å². The van der Waals surface area contributed by atoms with Crippen molar-refractivity contribution in [3.63, 3.8) is 0 Å². The van der Waals surface area contributed by atoms with Crippen LogP contribution in [-0.4, -0.2) is 54.4 Å². The topological polar surface area (TPSA) is 114 Å². The average Bonchev–Trinajstić information content (AvgIpc) is 2.42. The Bertz CT molecular complexity index is 470. The van der Waals surface area contributed by atoms with E-state index in [1.165, 1.54) is 0 Å². The summed E-state index contributed by atoms with van der Waals surface area (Å²) in [5.74, 6) is 0.124. The van der Waals surface area contributed by atoms with Crippen LogP contribution in [0.1, 0.15) is 67.7 Å². The second kappa shape index (κ2) is 11.1. The summed E-state index contributed by atoms with van der Waals surface area (Å²) in [5.41, 5.74) is 4.07. The molecule has 7 nitrogen and oxygen atoms in total. The molecule has 0 aliphatic rings. The van der Waals surface area contributed by atoms with Gasteiger partial charge in [-0.3, -0.25) is 10.1 Å². The lowest BCUT2D eigenvalue weighted by Gasteiger charge is -2.29. The number of rotatable bonds is 14. The van der Waals surface area contributed by atoms with E-state index >= 15 is 0 Å². The first-order chi connectivity index (χ1) is 12.1. The van der Waals surface area contributed by atoms with Crippen LogP contribution in [0.3, 0.4) is 0 Å². The van der Waals surface area contributed by atoms with Crippen LogP contribution < -0.4 is 16.4 Å². The van der Waals surface area contributed by atoms with Crippen molar-refractivity contribution in [2.45, 2.75) is 79.0 Å². The zero-order valence-corrected chi connectivity index (χ0v) is 18.3. The van der Waals surface area contributed by atoms with Gasteiger partial charge in [0.15, 0.2) is 0 Å². The van der Waals surface area contributed by atoms with Crippen LogP contribution in [-0.2, 0) is 14.3 Å². The molecule has 0 aromatic heterocycles. The summed E-state index contributed by atoms with van der Waals surface area (Å²) in [6.07, 6.45) is 1.17. The maximum Gasteiger partial charge on any atom is 0.224 e. The second-order valence-electron chi connectivity index (χ2n) is 9.58. The van der Waals surface area contributed by atoms with Gasteiger partial charge < -0.3 is 25.7 Å². The van der Waals surface area contributed by atoms with Crippen molar-refractivity contribution in [2.75, 3.05) is 26.3 Å². The van der Waals surface area contributed by atoms with Gasteiger partial charge in [-0.2, -0.15) is 0 Å². The fraction of sp³-hybridized carbons (Fsp3) is 0.900. The lowest BCUT2D eigenvalue weighted by atomic mass is 9.94. The van der Waals surface area contributed by atoms with Gasteiger partial charge in [-0.05, 0) is 46.6 Å². The van der Waals surface area contributed by atoms with E-state index in [1.807, 2.05) is 34.6 Å². The van der Waals surface area contributed by atoms with Crippen molar-refractivity contribution in [1.29, 1.82) is 0 Å². The molecular formula is C20H41N3O4. The van der Waals surface area contributed by atoms with E-state index in [4.69, 9.17) is 10.5 Å². The molecule has 1 amide bonds. The predicted molar refractivity (Wildman–Crippen MR) is 108 cm³/mol. The van der Waals surface area contributed by atoms with Crippen LogP contribution in [0.5, 0.6) is 0 Å². The molecule has 0 bridgehead atoms. The molecule has 0 aromatic rings. The summed E-state index contributed by atoms with van der Waals surface area (Å²) in [6.45, 7) is 15.0. The molecule has 2 atom stereocenters. The molecule has 0 aliphatic carbocycles. The first-order valence-corrected chi connectivity index (χ1v) is 9.72. The molecule has 0 fully saturated rings. The number of nitrogens with one attached hydrogen (secondary N) is 2. The number of carbonyl (C=O) groups is 2. The molecule has 27 heavy (non-hydrogen) atoms. The van der Waals surface area contributed by atoms with Crippen molar-refractivity contribution in [3.8, 4) is 0 Å². The van der Waals surface area contributed by atoms with Crippen molar-refractivity contribution < 1.29 is 19.4 Å². The highest BCUT2D eigenvalue weighted by atomic mass is 16.5. The fourth-order valence-corrected chi connectivity index (χ4v) is 2.57. The first-order valence-electron chi connectivity index (χ1n) is 9.72. The average molecular weight is 388 g/mol. The van der Waals surface area contributed by atoms with Crippen molar-refractivity contribution in [1.82, 2.24) is 10.6 Å². The van der Waals surface area contributed by atoms with Crippen molar-refractivity contribution in [3.05, 3.63) is 0 Å². The van der Waals surface area contributed by atoms with E-state index in [0.717, 1.165) is 0 Å². The van der Waals surface area contributed by atoms with Gasteiger partial charge in [0.25, 0.3) is 0 Å². The van der Waals surface area contributed by atoms with Crippen molar-refractivity contribution >= 4 is 11.7 Å². The third-order valence-corrected chi connectivity index (χ3v) is 4.08. The van der Waals surface area contributed by atoms with Gasteiger partial charge in [0.1, 0.15) is 11.5 Å². The first kappa shape index (κ1) is 26.0. The summed E-state index contributed by atoms with van der Waals surface area (Å²) < 4.78 is 5.70. The molecule has 0 rings (SSSR count). The van der Waals surface area contributed by atoms with E-state index in [-0.39, 0.29) is 35.0 Å². The zero-order valence-electron chi connectivity index (χ0n) is 18.3. The maximum atomic E-state index is 12.2. The Morgan fingerprint density at radius 2 is 1.78 bits per heavy atom. The van der Waals surface area contributed by atoms with E-state index in [2.05, 4.69) is 10.6 Å². The molecule has 0 saturated carbocycles. The highest BCUT2D eigenvalue weighted by Gasteiger charge is 2.26. The van der Waals surface area contributed by atoms with Crippen LogP contribution in [0, 0.1) is 11.3 Å². The quantitative estimate of drug-likeness (QED) is 0.337. The molecule has 0 aromatic carbocycles. The molecule has 0 heterocycles. The molecule has 0 spiro atoms. The minimum atomic E-state index is -1.28. The Labute approximate surface area is 164 Å². The molecular weight excluding hydrogens is 346 g/mol. The Morgan fingerprint density at radius 3 is 2.30 bits per heavy atom. The molecule has 2 unspecified atom stereocenters. The number of ether oxygens (including phenoxy) is 1. The number of hydrogen-bond donors (Lipinski definition) is 4. The van der Waals surface area contributed by atoms with Crippen LogP contribution in [0.4, 0.5) is 0 Å². The monoisotopic (exact) mass is 387 g/mol. The highest BCUT2D eigenvalue weighted by molar-refractivity contribution is 5.77. The molecule has 0 aliphatic heterocycles. The van der Waals surface area contributed by atoms with Crippen LogP contribution >= 0.6 is 0 Å². The fourth-order valence-electron chi connectivity index (χ4n) is 2.57. The molecule has 0 radical (unpaired) electrons. The Morgan fingerprint density at radius 1 is 1.19 bits per heavy atom. The van der Waals surface area contributed by atoms with E-state index < -0.39 is 5.72 Å². The van der Waals surface area contributed by atoms with Crippen molar-refractivity contribution in [2.24, 2.45) is 17.1 Å². The van der Waals surface area contributed by atoms with E-state index in [1.54, 1.807) is 13.8 Å². The normalized spacial score (nSPS) is 15.9. The van der Waals surface area contributed by atoms with Crippen LogP contribution in [0.15, 0.2) is 0 Å². The van der Waals surface area contributed by atoms with Gasteiger partial charge in [0.05, 0.1) is 13.0 Å². The molecule has 160 valence electrons. The summed E-state index contributed by atoms with van der Waals surface area (Å²) in [6, 6.07) is 0. The number of nitrogens with two attached hydrogens (primary N) is 1. The molecule has 7 heteroatoms. The molecule has 5 N–H and O–H groups in total. The predicted octanol–water partition coefficient (Wildman–Crippen LogP) is 1.58.